The van der Waals surface area contributed by atoms with E-state index < -0.39 is 5.60 Å². The van der Waals surface area contributed by atoms with Gasteiger partial charge in [-0.15, -0.1) is 0 Å². The number of carbonyl (C=O) groups excluding carboxylic acids is 1. The molecule has 0 bridgehead atoms. The van der Waals surface area contributed by atoms with Gasteiger partial charge in [-0.2, -0.15) is 4.91 Å². The molecule has 1 aliphatic rings. The number of rotatable bonds is 13. The van der Waals surface area contributed by atoms with E-state index in [-0.39, 0.29) is 25.5 Å². The zero-order valence-corrected chi connectivity index (χ0v) is 22.7. The van der Waals surface area contributed by atoms with Crippen LogP contribution >= 0.6 is 0 Å². The smallest absolute Gasteiger partial charge is 0.203 e. The van der Waals surface area contributed by atoms with Gasteiger partial charge in [0, 0.05) is 12.1 Å². The summed E-state index contributed by atoms with van der Waals surface area (Å²) in [5, 5.41) is 3.05. The lowest BCUT2D eigenvalue weighted by atomic mass is 9.98. The molecule has 0 aromatic heterocycles. The monoisotopic (exact) mass is 531 g/mol. The molecule has 0 fully saturated rings. The molecule has 0 radical (unpaired) electrons. The lowest BCUT2D eigenvalue weighted by molar-refractivity contribution is 0.0914. The third-order valence-corrected chi connectivity index (χ3v) is 6.12. The Labute approximate surface area is 228 Å². The second-order valence-electron chi connectivity index (χ2n) is 9.62. The van der Waals surface area contributed by atoms with Crippen LogP contribution in [0.15, 0.2) is 65.9 Å². The Morgan fingerprint density at radius 2 is 1.79 bits per heavy atom. The third-order valence-electron chi connectivity index (χ3n) is 6.12. The molecular weight excluding hydrogens is 498 g/mol. The minimum absolute atomic E-state index is 0.188. The molecule has 0 saturated carbocycles. The third kappa shape index (κ3) is 6.76. The van der Waals surface area contributed by atoms with E-state index in [0.717, 1.165) is 12.0 Å². The molecule has 8 nitrogen and oxygen atoms in total. The summed E-state index contributed by atoms with van der Waals surface area (Å²) in [6, 6.07) is 16.5. The quantitative estimate of drug-likeness (QED) is 0.177. The van der Waals surface area contributed by atoms with Gasteiger partial charge in [-0.3, -0.25) is 4.79 Å². The SMILES string of the molecule is CCCOc1ccc(C(=O)COc2c3c(cc(OC)c2CN=O)OC(C)(C)C=C3)c(OCc2ccccc2)c1. The van der Waals surface area contributed by atoms with Crippen molar-refractivity contribution in [3.05, 3.63) is 87.8 Å². The molecule has 0 unspecified atom stereocenters. The van der Waals surface area contributed by atoms with Crippen LogP contribution in [0.2, 0.25) is 0 Å². The van der Waals surface area contributed by atoms with Crippen molar-refractivity contribution in [2.45, 2.75) is 45.9 Å². The number of fused-ring (bicyclic) bond motifs is 1. The van der Waals surface area contributed by atoms with Crippen molar-refractivity contribution in [2.24, 2.45) is 5.18 Å². The highest BCUT2D eigenvalue weighted by Crippen LogP contribution is 2.44. The van der Waals surface area contributed by atoms with Crippen LogP contribution in [0.3, 0.4) is 0 Å². The number of hydrogen-bond acceptors (Lipinski definition) is 8. The molecule has 204 valence electrons. The van der Waals surface area contributed by atoms with Crippen LogP contribution in [0.4, 0.5) is 0 Å². The number of methoxy groups -OCH3 is 1. The van der Waals surface area contributed by atoms with Gasteiger partial charge in [0.15, 0.2) is 6.61 Å². The maximum atomic E-state index is 13.5. The average Bonchev–Trinajstić information content (AvgIpc) is 2.94. The first-order valence-electron chi connectivity index (χ1n) is 12.9. The van der Waals surface area contributed by atoms with Gasteiger partial charge in [-0.25, -0.2) is 0 Å². The van der Waals surface area contributed by atoms with Crippen molar-refractivity contribution in [3.8, 4) is 28.7 Å². The summed E-state index contributed by atoms with van der Waals surface area (Å²) in [7, 11) is 1.49. The Hall–Kier alpha value is -4.33. The van der Waals surface area contributed by atoms with E-state index in [0.29, 0.717) is 52.0 Å². The van der Waals surface area contributed by atoms with E-state index in [4.69, 9.17) is 23.7 Å². The van der Waals surface area contributed by atoms with Crippen LogP contribution in [0.1, 0.15) is 54.2 Å². The predicted molar refractivity (Wildman–Crippen MR) is 149 cm³/mol. The highest BCUT2D eigenvalue weighted by Gasteiger charge is 2.28. The summed E-state index contributed by atoms with van der Waals surface area (Å²) in [5.41, 5.74) is 1.84. The molecule has 0 spiro atoms. The zero-order valence-electron chi connectivity index (χ0n) is 22.7. The normalized spacial score (nSPS) is 13.1. The number of carbonyl (C=O) groups is 1. The molecule has 1 heterocycles. The number of nitroso groups, excluding NO2 is 1. The molecule has 3 aromatic carbocycles. The summed E-state index contributed by atoms with van der Waals surface area (Å²) >= 11 is 0. The number of nitrogens with zero attached hydrogens (tertiary/aromatic N) is 1. The van der Waals surface area contributed by atoms with Crippen molar-refractivity contribution in [2.75, 3.05) is 20.3 Å². The standard InChI is InChI=1S/C31H33NO7/c1-5-15-36-22-11-12-23(28(16-22)37-19-21-9-7-6-8-10-21)26(33)20-38-30-24-13-14-31(2,3)39-29(24)17-27(35-4)25(30)18-32-34/h6-14,16-17H,5,15,18-20H2,1-4H3. The molecule has 0 N–H and O–H groups in total. The zero-order chi connectivity index (χ0) is 27.8. The number of hydrogen-bond donors (Lipinski definition) is 0. The molecule has 8 heteroatoms. The van der Waals surface area contributed by atoms with Crippen LogP contribution in [0, 0.1) is 4.91 Å². The van der Waals surface area contributed by atoms with Gasteiger partial charge in [0.2, 0.25) is 5.78 Å². The molecule has 0 aliphatic carbocycles. The summed E-state index contributed by atoms with van der Waals surface area (Å²) in [4.78, 5) is 24.7. The van der Waals surface area contributed by atoms with Crippen LogP contribution in [0.25, 0.3) is 6.08 Å². The fourth-order valence-corrected chi connectivity index (χ4v) is 4.19. The maximum absolute atomic E-state index is 13.5. The number of ketones is 1. The Morgan fingerprint density at radius 3 is 2.51 bits per heavy atom. The highest BCUT2D eigenvalue weighted by atomic mass is 16.5. The lowest BCUT2D eigenvalue weighted by Crippen LogP contribution is -2.28. The van der Waals surface area contributed by atoms with Crippen molar-refractivity contribution in [3.63, 3.8) is 0 Å². The topological polar surface area (TPSA) is 92.7 Å². The van der Waals surface area contributed by atoms with Gasteiger partial charge in [0.05, 0.1) is 30.4 Å². The van der Waals surface area contributed by atoms with Gasteiger partial charge in [0.25, 0.3) is 0 Å². The predicted octanol–water partition coefficient (Wildman–Crippen LogP) is 6.78. The second kappa shape index (κ2) is 12.5. The Kier molecular flexibility index (Phi) is 8.86. The van der Waals surface area contributed by atoms with Crippen LogP contribution in [0.5, 0.6) is 28.7 Å². The van der Waals surface area contributed by atoms with E-state index in [1.807, 2.05) is 63.3 Å². The summed E-state index contributed by atoms with van der Waals surface area (Å²) in [6.07, 6.45) is 4.60. The van der Waals surface area contributed by atoms with Gasteiger partial charge in [-0.1, -0.05) is 42.4 Å². The van der Waals surface area contributed by atoms with E-state index in [1.165, 1.54) is 7.11 Å². The minimum atomic E-state index is -0.540. The molecule has 4 rings (SSSR count). The van der Waals surface area contributed by atoms with Crippen LogP contribution in [-0.4, -0.2) is 31.7 Å². The molecule has 0 saturated heterocycles. The summed E-state index contributed by atoms with van der Waals surface area (Å²) in [6.45, 7) is 6.22. The van der Waals surface area contributed by atoms with Crippen LogP contribution < -0.4 is 23.7 Å². The molecule has 39 heavy (non-hydrogen) atoms. The molecule has 1 aliphatic heterocycles. The van der Waals surface area contributed by atoms with Crippen LogP contribution in [-0.2, 0) is 13.2 Å². The Bertz CT molecular complexity index is 1350. The first kappa shape index (κ1) is 27.7. The second-order valence-corrected chi connectivity index (χ2v) is 9.62. The number of Topliss-reactive ketones (excluding diaryl/α,β-unsaturated/α-hetero) is 1. The average molecular weight is 532 g/mol. The molecule has 0 atom stereocenters. The number of ether oxygens (including phenoxy) is 5. The van der Waals surface area contributed by atoms with Crippen molar-refractivity contribution in [1.29, 1.82) is 0 Å². The fraction of sp³-hybridized carbons (Fsp3) is 0.323. The van der Waals surface area contributed by atoms with Gasteiger partial charge in [-0.05, 0) is 50.1 Å². The Balaban J connectivity index is 1.62. The molecular formula is C31H33NO7. The lowest BCUT2D eigenvalue weighted by Gasteiger charge is -2.30. The van der Waals surface area contributed by atoms with Crippen molar-refractivity contribution < 1.29 is 28.5 Å². The van der Waals surface area contributed by atoms with E-state index in [2.05, 4.69) is 5.18 Å². The van der Waals surface area contributed by atoms with Crippen molar-refractivity contribution >= 4 is 11.9 Å². The van der Waals surface area contributed by atoms with E-state index in [1.54, 1.807) is 24.3 Å². The first-order valence-corrected chi connectivity index (χ1v) is 12.9. The number of benzene rings is 3. The van der Waals surface area contributed by atoms with Gasteiger partial charge >= 0.3 is 0 Å². The summed E-state index contributed by atoms with van der Waals surface area (Å²) in [5.74, 6) is 1.95. The fourth-order valence-electron chi connectivity index (χ4n) is 4.19. The van der Waals surface area contributed by atoms with Crippen molar-refractivity contribution in [1.82, 2.24) is 0 Å². The van der Waals surface area contributed by atoms with E-state index in [9.17, 15) is 9.70 Å². The molecule has 0 amide bonds. The largest absolute Gasteiger partial charge is 0.496 e. The van der Waals surface area contributed by atoms with Gasteiger partial charge in [0.1, 0.15) is 47.5 Å². The maximum Gasteiger partial charge on any atom is 0.203 e. The Morgan fingerprint density at radius 1 is 1.00 bits per heavy atom. The summed E-state index contributed by atoms with van der Waals surface area (Å²) < 4.78 is 29.5. The highest BCUT2D eigenvalue weighted by molar-refractivity contribution is 6.00. The first-order chi connectivity index (χ1) is 18.8. The van der Waals surface area contributed by atoms with E-state index >= 15 is 0 Å². The van der Waals surface area contributed by atoms with Gasteiger partial charge < -0.3 is 23.7 Å². The molecule has 3 aromatic rings. The minimum Gasteiger partial charge on any atom is -0.496 e.